The third-order valence-corrected chi connectivity index (χ3v) is 2.68. The zero-order valence-electron chi connectivity index (χ0n) is 10.4. The zero-order chi connectivity index (χ0) is 11.8. The van der Waals surface area contributed by atoms with Gasteiger partial charge in [0.15, 0.2) is 0 Å². The molecule has 90 valence electrons. The molecule has 0 saturated carbocycles. The number of carbonyl (C=O) groups is 1. The minimum absolute atomic E-state index is 0.112. The Kier molecular flexibility index (Phi) is 7.39. The van der Waals surface area contributed by atoms with Crippen molar-refractivity contribution < 1.29 is 9.90 Å². The Labute approximate surface area is 93.3 Å². The Balaban J connectivity index is 4.03. The smallest absolute Gasteiger partial charge is 0.223 e. The van der Waals surface area contributed by atoms with Crippen LogP contribution in [0.25, 0.3) is 0 Å². The predicted molar refractivity (Wildman–Crippen MR) is 62.5 cm³/mol. The van der Waals surface area contributed by atoms with Gasteiger partial charge in [0.1, 0.15) is 0 Å². The van der Waals surface area contributed by atoms with Gasteiger partial charge in [-0.2, -0.15) is 0 Å². The topological polar surface area (TPSA) is 49.3 Å². The molecular weight excluding hydrogens is 190 g/mol. The van der Waals surface area contributed by atoms with Crippen molar-refractivity contribution in [1.82, 2.24) is 5.32 Å². The van der Waals surface area contributed by atoms with Crippen molar-refractivity contribution in [3.63, 3.8) is 0 Å². The molecule has 0 heterocycles. The fraction of sp³-hybridized carbons (Fsp3) is 0.917. The minimum Gasteiger partial charge on any atom is -0.396 e. The molecule has 0 aliphatic carbocycles. The van der Waals surface area contributed by atoms with Gasteiger partial charge >= 0.3 is 0 Å². The van der Waals surface area contributed by atoms with Crippen LogP contribution in [0.1, 0.15) is 40.5 Å². The lowest BCUT2D eigenvalue weighted by Crippen LogP contribution is -2.36. The van der Waals surface area contributed by atoms with Gasteiger partial charge in [0.25, 0.3) is 0 Å². The summed E-state index contributed by atoms with van der Waals surface area (Å²) in [6.45, 7) is 8.87. The molecule has 0 bridgehead atoms. The first-order chi connectivity index (χ1) is 7.02. The van der Waals surface area contributed by atoms with Gasteiger partial charge < -0.3 is 10.4 Å². The molecule has 2 atom stereocenters. The highest BCUT2D eigenvalue weighted by atomic mass is 16.3. The molecule has 0 saturated heterocycles. The molecule has 0 aliphatic rings. The van der Waals surface area contributed by atoms with Crippen LogP contribution in [0.15, 0.2) is 0 Å². The van der Waals surface area contributed by atoms with E-state index in [-0.39, 0.29) is 24.3 Å². The van der Waals surface area contributed by atoms with Crippen LogP contribution in [-0.2, 0) is 4.79 Å². The molecule has 3 nitrogen and oxygen atoms in total. The summed E-state index contributed by atoms with van der Waals surface area (Å²) in [5, 5.41) is 11.7. The maximum atomic E-state index is 11.8. The zero-order valence-corrected chi connectivity index (χ0v) is 10.4. The molecule has 3 heteroatoms. The molecule has 1 amide bonds. The summed E-state index contributed by atoms with van der Waals surface area (Å²) in [5.41, 5.74) is 0. The van der Waals surface area contributed by atoms with Gasteiger partial charge in [0.05, 0.1) is 0 Å². The number of aliphatic hydroxyl groups excluding tert-OH is 1. The van der Waals surface area contributed by atoms with E-state index in [1.807, 2.05) is 6.92 Å². The number of amides is 1. The lowest BCUT2D eigenvalue weighted by Gasteiger charge is -2.20. The van der Waals surface area contributed by atoms with E-state index in [0.29, 0.717) is 12.5 Å². The van der Waals surface area contributed by atoms with Crippen molar-refractivity contribution in [3.05, 3.63) is 0 Å². The molecule has 0 aromatic rings. The second-order valence-corrected chi connectivity index (χ2v) is 4.67. The molecular formula is C12H25NO2. The van der Waals surface area contributed by atoms with E-state index in [1.54, 1.807) is 0 Å². The molecule has 2 N–H and O–H groups in total. The summed E-state index contributed by atoms with van der Waals surface area (Å²) in [5.74, 6) is 0.769. The summed E-state index contributed by atoms with van der Waals surface area (Å²) < 4.78 is 0. The number of nitrogens with one attached hydrogen (secondary N) is 1. The SMILES string of the molecule is CCCC(C(=O)NCC(C)CO)C(C)C. The maximum absolute atomic E-state index is 11.8. The number of hydrogen-bond donors (Lipinski definition) is 2. The standard InChI is InChI=1S/C12H25NO2/c1-5-6-11(9(2)3)12(15)13-7-10(4)8-14/h9-11,14H,5-8H2,1-4H3,(H,13,15). The van der Waals surface area contributed by atoms with E-state index < -0.39 is 0 Å². The predicted octanol–water partition coefficient (Wildman–Crippen LogP) is 1.80. The first-order valence-corrected chi connectivity index (χ1v) is 5.91. The highest BCUT2D eigenvalue weighted by Crippen LogP contribution is 2.17. The van der Waals surface area contributed by atoms with Crippen LogP contribution >= 0.6 is 0 Å². The van der Waals surface area contributed by atoms with E-state index >= 15 is 0 Å². The lowest BCUT2D eigenvalue weighted by molar-refractivity contribution is -0.126. The summed E-state index contributed by atoms with van der Waals surface area (Å²) in [6, 6.07) is 0. The Morgan fingerprint density at radius 1 is 1.33 bits per heavy atom. The van der Waals surface area contributed by atoms with Crippen molar-refractivity contribution >= 4 is 5.91 Å². The van der Waals surface area contributed by atoms with Gasteiger partial charge in [0, 0.05) is 19.1 Å². The number of hydrogen-bond acceptors (Lipinski definition) is 2. The minimum atomic E-state index is 0.112. The molecule has 15 heavy (non-hydrogen) atoms. The lowest BCUT2D eigenvalue weighted by atomic mass is 9.90. The normalized spacial score (nSPS) is 15.1. The van der Waals surface area contributed by atoms with Crippen LogP contribution in [0.4, 0.5) is 0 Å². The van der Waals surface area contributed by atoms with Crippen LogP contribution in [0.3, 0.4) is 0 Å². The van der Waals surface area contributed by atoms with Gasteiger partial charge in [-0.1, -0.05) is 34.1 Å². The molecule has 2 unspecified atom stereocenters. The Bertz CT molecular complexity index is 180. The molecule has 0 aliphatic heterocycles. The largest absolute Gasteiger partial charge is 0.396 e. The summed E-state index contributed by atoms with van der Waals surface area (Å²) in [4.78, 5) is 11.8. The van der Waals surface area contributed by atoms with E-state index in [0.717, 1.165) is 12.8 Å². The third-order valence-electron chi connectivity index (χ3n) is 2.68. The number of rotatable bonds is 7. The average Bonchev–Trinajstić information content (AvgIpc) is 2.21. The highest BCUT2D eigenvalue weighted by molar-refractivity contribution is 5.78. The van der Waals surface area contributed by atoms with Crippen molar-refractivity contribution in [2.24, 2.45) is 17.8 Å². The Morgan fingerprint density at radius 3 is 2.33 bits per heavy atom. The number of carbonyl (C=O) groups excluding carboxylic acids is 1. The van der Waals surface area contributed by atoms with Crippen LogP contribution in [0.2, 0.25) is 0 Å². The molecule has 0 spiro atoms. The average molecular weight is 215 g/mol. The molecule has 0 fully saturated rings. The molecule has 0 aromatic carbocycles. The highest BCUT2D eigenvalue weighted by Gasteiger charge is 2.20. The summed E-state index contributed by atoms with van der Waals surface area (Å²) in [6.07, 6.45) is 1.98. The summed E-state index contributed by atoms with van der Waals surface area (Å²) >= 11 is 0. The van der Waals surface area contributed by atoms with Crippen molar-refractivity contribution in [1.29, 1.82) is 0 Å². The van der Waals surface area contributed by atoms with Gasteiger partial charge in [-0.25, -0.2) is 0 Å². The van der Waals surface area contributed by atoms with Crippen LogP contribution in [-0.4, -0.2) is 24.2 Å². The van der Waals surface area contributed by atoms with E-state index in [9.17, 15) is 4.79 Å². The van der Waals surface area contributed by atoms with Crippen LogP contribution < -0.4 is 5.32 Å². The third kappa shape index (κ3) is 5.78. The number of aliphatic hydroxyl groups is 1. The maximum Gasteiger partial charge on any atom is 0.223 e. The van der Waals surface area contributed by atoms with E-state index in [4.69, 9.17) is 5.11 Å². The molecule has 0 aromatic heterocycles. The van der Waals surface area contributed by atoms with Gasteiger partial charge in [-0.15, -0.1) is 0 Å². The van der Waals surface area contributed by atoms with Gasteiger partial charge in [-0.05, 0) is 18.3 Å². The van der Waals surface area contributed by atoms with Crippen molar-refractivity contribution in [2.75, 3.05) is 13.2 Å². The fourth-order valence-corrected chi connectivity index (χ4v) is 1.55. The van der Waals surface area contributed by atoms with Crippen molar-refractivity contribution in [3.8, 4) is 0 Å². The Morgan fingerprint density at radius 2 is 1.93 bits per heavy atom. The van der Waals surface area contributed by atoms with Crippen LogP contribution in [0.5, 0.6) is 0 Å². The second-order valence-electron chi connectivity index (χ2n) is 4.67. The second kappa shape index (κ2) is 7.69. The van der Waals surface area contributed by atoms with Crippen LogP contribution in [0, 0.1) is 17.8 Å². The van der Waals surface area contributed by atoms with E-state index in [1.165, 1.54) is 0 Å². The molecule has 0 radical (unpaired) electrons. The van der Waals surface area contributed by atoms with Gasteiger partial charge in [0.2, 0.25) is 5.91 Å². The monoisotopic (exact) mass is 215 g/mol. The first kappa shape index (κ1) is 14.4. The fourth-order valence-electron chi connectivity index (χ4n) is 1.55. The van der Waals surface area contributed by atoms with Gasteiger partial charge in [-0.3, -0.25) is 4.79 Å². The quantitative estimate of drug-likeness (QED) is 0.680. The van der Waals surface area contributed by atoms with E-state index in [2.05, 4.69) is 26.1 Å². The first-order valence-electron chi connectivity index (χ1n) is 5.91. The molecule has 0 rings (SSSR count). The van der Waals surface area contributed by atoms with Crippen molar-refractivity contribution in [2.45, 2.75) is 40.5 Å². The summed E-state index contributed by atoms with van der Waals surface area (Å²) in [7, 11) is 0. The Hall–Kier alpha value is -0.570.